The van der Waals surface area contributed by atoms with Crippen molar-refractivity contribution in [3.63, 3.8) is 0 Å². The molecular formula is C24H25N3O2. The maximum Gasteiger partial charge on any atom is 0.278 e. The standard InChI is InChI=1S/C24H25N3O2/c1-3-8-18-14-20-19(13-16(18)2)25-23-21(15-22(28)26-24(23)29)27(20)12-7-11-17-9-5-4-6-10-17/h4-6,9-10,13-15H,3,7-8,11-12H2,1-2H3,(H,26,28,29). The predicted molar refractivity (Wildman–Crippen MR) is 117 cm³/mol. The van der Waals surface area contributed by atoms with Crippen molar-refractivity contribution in [1.29, 1.82) is 0 Å². The van der Waals surface area contributed by atoms with Crippen molar-refractivity contribution >= 4 is 11.0 Å². The highest BCUT2D eigenvalue weighted by Gasteiger charge is 2.18. The van der Waals surface area contributed by atoms with Gasteiger partial charge in [0.1, 0.15) is 0 Å². The Bertz CT molecular complexity index is 1240. The Hall–Kier alpha value is -3.21. The third-order valence-corrected chi connectivity index (χ3v) is 5.42. The second-order valence-corrected chi connectivity index (χ2v) is 7.57. The molecule has 0 aromatic heterocycles. The molecular weight excluding hydrogens is 362 g/mol. The van der Waals surface area contributed by atoms with E-state index >= 15 is 0 Å². The van der Waals surface area contributed by atoms with Crippen LogP contribution in [0.15, 0.2) is 58.1 Å². The maximum absolute atomic E-state index is 12.4. The summed E-state index contributed by atoms with van der Waals surface area (Å²) in [7, 11) is 0. The van der Waals surface area contributed by atoms with Gasteiger partial charge in [0, 0.05) is 12.6 Å². The van der Waals surface area contributed by atoms with Crippen molar-refractivity contribution in [2.24, 2.45) is 0 Å². The Balaban J connectivity index is 1.85. The Morgan fingerprint density at radius 3 is 2.59 bits per heavy atom. The number of H-pyrrole nitrogens is 1. The van der Waals surface area contributed by atoms with Crippen molar-refractivity contribution in [3.8, 4) is 11.4 Å². The third-order valence-electron chi connectivity index (χ3n) is 5.42. The van der Waals surface area contributed by atoms with Gasteiger partial charge in [0.2, 0.25) is 0 Å². The number of hydrogen-bond donors (Lipinski definition) is 1. The van der Waals surface area contributed by atoms with Gasteiger partial charge in [-0.3, -0.25) is 14.6 Å². The molecule has 0 aliphatic carbocycles. The number of aromatic amines is 1. The molecule has 0 radical (unpaired) electrons. The van der Waals surface area contributed by atoms with Crippen molar-refractivity contribution < 1.29 is 0 Å². The maximum atomic E-state index is 12.4. The number of rotatable bonds is 6. The average molecular weight is 387 g/mol. The molecule has 5 nitrogen and oxygen atoms in total. The highest BCUT2D eigenvalue weighted by molar-refractivity contribution is 5.81. The summed E-state index contributed by atoms with van der Waals surface area (Å²) in [6.07, 6.45) is 3.89. The van der Waals surface area contributed by atoms with E-state index in [0.29, 0.717) is 17.9 Å². The first-order chi connectivity index (χ1) is 14.1. The molecule has 0 atom stereocenters. The predicted octanol–water partition coefficient (Wildman–Crippen LogP) is 4.08. The number of nitrogens with zero attached hydrogens (tertiary/aromatic N) is 2. The van der Waals surface area contributed by atoms with Crippen molar-refractivity contribution in [2.45, 2.75) is 46.1 Å². The Kier molecular flexibility index (Phi) is 5.30. The first-order valence-electron chi connectivity index (χ1n) is 10.2. The summed E-state index contributed by atoms with van der Waals surface area (Å²) in [6, 6.07) is 16.1. The second-order valence-electron chi connectivity index (χ2n) is 7.57. The fourth-order valence-electron chi connectivity index (χ4n) is 3.98. The van der Waals surface area contributed by atoms with Crippen LogP contribution < -0.4 is 11.1 Å². The van der Waals surface area contributed by atoms with Crippen LogP contribution in [0.1, 0.15) is 36.5 Å². The van der Waals surface area contributed by atoms with E-state index in [1.54, 1.807) is 0 Å². The number of benzene rings is 2. The number of aryl methyl sites for hydroxylation is 4. The van der Waals surface area contributed by atoms with Crippen molar-refractivity contribution in [1.82, 2.24) is 14.5 Å². The zero-order chi connectivity index (χ0) is 20.4. The van der Waals surface area contributed by atoms with Crippen LogP contribution in [0.3, 0.4) is 0 Å². The largest absolute Gasteiger partial charge is 0.338 e. The highest BCUT2D eigenvalue weighted by Crippen LogP contribution is 2.26. The molecule has 29 heavy (non-hydrogen) atoms. The Morgan fingerprint density at radius 1 is 1.03 bits per heavy atom. The van der Waals surface area contributed by atoms with E-state index < -0.39 is 5.56 Å². The van der Waals surface area contributed by atoms with Gasteiger partial charge < -0.3 is 4.57 Å². The van der Waals surface area contributed by atoms with E-state index in [0.717, 1.165) is 36.7 Å². The second kappa shape index (κ2) is 8.03. The minimum atomic E-state index is -0.429. The van der Waals surface area contributed by atoms with Gasteiger partial charge in [-0.25, -0.2) is 4.98 Å². The van der Waals surface area contributed by atoms with Gasteiger partial charge in [0.15, 0.2) is 5.69 Å². The molecule has 0 spiro atoms. The summed E-state index contributed by atoms with van der Waals surface area (Å²) in [4.78, 5) is 31.4. The fraction of sp³-hybridized carbons (Fsp3) is 0.292. The van der Waals surface area contributed by atoms with Crippen molar-refractivity contribution in [3.05, 3.63) is 85.9 Å². The summed E-state index contributed by atoms with van der Waals surface area (Å²) in [5, 5.41) is 0. The third kappa shape index (κ3) is 3.86. The highest BCUT2D eigenvalue weighted by atomic mass is 16.2. The van der Waals surface area contributed by atoms with E-state index in [9.17, 15) is 9.59 Å². The molecule has 0 bridgehead atoms. The molecule has 2 aromatic rings. The van der Waals surface area contributed by atoms with Crippen LogP contribution >= 0.6 is 0 Å². The van der Waals surface area contributed by atoms with Crippen LogP contribution in [0.25, 0.3) is 22.4 Å². The van der Waals surface area contributed by atoms with Crippen LogP contribution in [-0.2, 0) is 19.4 Å². The number of aromatic nitrogens is 3. The molecule has 1 N–H and O–H groups in total. The molecule has 2 aliphatic heterocycles. The van der Waals surface area contributed by atoms with E-state index in [2.05, 4.69) is 52.6 Å². The van der Waals surface area contributed by atoms with Crippen molar-refractivity contribution in [2.75, 3.05) is 0 Å². The van der Waals surface area contributed by atoms with Gasteiger partial charge in [-0.05, 0) is 55.0 Å². The lowest BCUT2D eigenvalue weighted by atomic mass is 10.0. The number of hydrogen-bond acceptors (Lipinski definition) is 3. The number of fused-ring (bicyclic) bond motifs is 2. The van der Waals surface area contributed by atoms with Gasteiger partial charge in [-0.2, -0.15) is 0 Å². The first kappa shape index (κ1) is 19.1. The van der Waals surface area contributed by atoms with Gasteiger partial charge in [-0.15, -0.1) is 0 Å². The van der Waals surface area contributed by atoms with Crippen LogP contribution in [-0.4, -0.2) is 14.5 Å². The van der Waals surface area contributed by atoms with Gasteiger partial charge >= 0.3 is 0 Å². The topological polar surface area (TPSA) is 67.8 Å². The zero-order valence-corrected chi connectivity index (χ0v) is 16.9. The molecule has 2 aliphatic rings. The first-order valence-corrected chi connectivity index (χ1v) is 10.2. The summed E-state index contributed by atoms with van der Waals surface area (Å²) < 4.78 is 2.09. The molecule has 4 rings (SSSR count). The summed E-state index contributed by atoms with van der Waals surface area (Å²) in [6.45, 7) is 4.96. The molecule has 2 heterocycles. The fourth-order valence-corrected chi connectivity index (χ4v) is 3.98. The van der Waals surface area contributed by atoms with Crippen LogP contribution in [0, 0.1) is 6.92 Å². The molecule has 2 aromatic carbocycles. The van der Waals surface area contributed by atoms with Gasteiger partial charge in [0.05, 0.1) is 16.7 Å². The van der Waals surface area contributed by atoms with Crippen LogP contribution in [0.4, 0.5) is 0 Å². The number of pyridine rings is 1. The summed E-state index contributed by atoms with van der Waals surface area (Å²) in [5.41, 5.74) is 5.61. The lowest BCUT2D eigenvalue weighted by Gasteiger charge is -2.19. The Morgan fingerprint density at radius 2 is 1.83 bits per heavy atom. The summed E-state index contributed by atoms with van der Waals surface area (Å²) >= 11 is 0. The van der Waals surface area contributed by atoms with Gasteiger partial charge in [0.25, 0.3) is 11.1 Å². The molecule has 0 unspecified atom stereocenters. The van der Waals surface area contributed by atoms with E-state index in [1.165, 1.54) is 22.8 Å². The normalized spacial score (nSPS) is 11.4. The van der Waals surface area contributed by atoms with E-state index in [4.69, 9.17) is 0 Å². The van der Waals surface area contributed by atoms with Crippen LogP contribution in [0.5, 0.6) is 0 Å². The monoisotopic (exact) mass is 387 g/mol. The van der Waals surface area contributed by atoms with E-state index in [1.807, 2.05) is 18.2 Å². The SMILES string of the molecule is CCCc1cc2c(cc1C)nc1c(=O)[nH]c(=O)cc-1n2CCCc1ccccc1. The summed E-state index contributed by atoms with van der Waals surface area (Å²) in [5.74, 6) is 0. The lowest BCUT2D eigenvalue weighted by molar-refractivity contribution is 0.658. The number of nitrogens with one attached hydrogen (secondary N) is 1. The zero-order valence-electron chi connectivity index (χ0n) is 16.9. The van der Waals surface area contributed by atoms with Crippen LogP contribution in [0.2, 0.25) is 0 Å². The molecule has 5 heteroatoms. The average Bonchev–Trinajstić information content (AvgIpc) is 2.70. The molecule has 0 saturated heterocycles. The molecule has 0 amide bonds. The minimum Gasteiger partial charge on any atom is -0.338 e. The molecule has 148 valence electrons. The molecule has 0 fully saturated rings. The molecule has 0 saturated carbocycles. The van der Waals surface area contributed by atoms with E-state index in [-0.39, 0.29) is 5.56 Å². The smallest absolute Gasteiger partial charge is 0.278 e. The van der Waals surface area contributed by atoms with Gasteiger partial charge in [-0.1, -0.05) is 43.7 Å². The lowest BCUT2D eigenvalue weighted by Crippen LogP contribution is -2.25. The minimum absolute atomic E-state index is 0.319. The quantitative estimate of drug-likeness (QED) is 0.507. The Labute approximate surface area is 169 Å².